The zero-order valence-corrected chi connectivity index (χ0v) is 15.0. The molecule has 3 rings (SSSR count). The van der Waals surface area contributed by atoms with Crippen molar-refractivity contribution in [1.82, 2.24) is 14.9 Å². The molecular weight excluding hydrogens is 316 g/mol. The summed E-state index contributed by atoms with van der Waals surface area (Å²) in [5.74, 6) is -0.321. The van der Waals surface area contributed by atoms with Crippen molar-refractivity contribution in [2.24, 2.45) is 0 Å². The monoisotopic (exact) mass is 338 g/mol. The molecule has 1 unspecified atom stereocenters. The van der Waals surface area contributed by atoms with Gasteiger partial charge < -0.3 is 9.80 Å². The Kier molecular flexibility index (Phi) is 4.53. The first-order valence-corrected chi connectivity index (χ1v) is 8.35. The van der Waals surface area contributed by atoms with Gasteiger partial charge in [-0.3, -0.25) is 14.6 Å². The van der Waals surface area contributed by atoms with Crippen LogP contribution in [0.4, 0.5) is 5.69 Å². The molecule has 6 heteroatoms. The first kappa shape index (κ1) is 17.1. The molecule has 1 aliphatic rings. The SMILES string of the molecule is Cc1nc(C)c(C(=O)N(C)C2CCN(c3ccccc3)C2=O)nc1C. The normalized spacial score (nSPS) is 17.0. The molecule has 2 aromatic rings. The van der Waals surface area contributed by atoms with E-state index in [1.165, 1.54) is 4.90 Å². The molecule has 0 radical (unpaired) electrons. The zero-order chi connectivity index (χ0) is 18.1. The van der Waals surface area contributed by atoms with Crippen molar-refractivity contribution >= 4 is 17.5 Å². The van der Waals surface area contributed by atoms with Crippen LogP contribution in [0.2, 0.25) is 0 Å². The molecule has 1 saturated heterocycles. The second kappa shape index (κ2) is 6.63. The summed E-state index contributed by atoms with van der Waals surface area (Å²) in [5.41, 5.74) is 3.30. The molecule has 2 heterocycles. The smallest absolute Gasteiger partial charge is 0.274 e. The minimum atomic E-state index is -0.476. The van der Waals surface area contributed by atoms with E-state index in [0.29, 0.717) is 24.4 Å². The Morgan fingerprint density at radius 3 is 2.40 bits per heavy atom. The minimum Gasteiger partial charge on any atom is -0.328 e. The fraction of sp³-hybridized carbons (Fsp3) is 0.368. The fourth-order valence-corrected chi connectivity index (χ4v) is 3.11. The van der Waals surface area contributed by atoms with Gasteiger partial charge in [-0.2, -0.15) is 0 Å². The van der Waals surface area contributed by atoms with Gasteiger partial charge in [0.1, 0.15) is 11.7 Å². The van der Waals surface area contributed by atoms with Gasteiger partial charge in [-0.25, -0.2) is 4.98 Å². The van der Waals surface area contributed by atoms with Crippen LogP contribution < -0.4 is 4.90 Å². The van der Waals surface area contributed by atoms with E-state index in [2.05, 4.69) is 9.97 Å². The number of carbonyl (C=O) groups is 2. The summed E-state index contributed by atoms with van der Waals surface area (Å²) in [6, 6.07) is 9.05. The maximum Gasteiger partial charge on any atom is 0.274 e. The van der Waals surface area contributed by atoms with Crippen molar-refractivity contribution in [3.63, 3.8) is 0 Å². The molecule has 0 spiro atoms. The molecule has 1 atom stereocenters. The molecule has 0 bridgehead atoms. The average molecular weight is 338 g/mol. The molecule has 6 nitrogen and oxygen atoms in total. The number of aryl methyl sites for hydroxylation is 3. The third kappa shape index (κ3) is 3.12. The Bertz CT molecular complexity index is 820. The number of anilines is 1. The van der Waals surface area contributed by atoms with Crippen LogP contribution in [0.5, 0.6) is 0 Å². The second-order valence-corrected chi connectivity index (χ2v) is 6.37. The van der Waals surface area contributed by atoms with Gasteiger partial charge in [0.25, 0.3) is 5.91 Å². The van der Waals surface area contributed by atoms with Crippen molar-refractivity contribution in [1.29, 1.82) is 0 Å². The summed E-state index contributed by atoms with van der Waals surface area (Å²) in [7, 11) is 1.66. The molecule has 130 valence electrons. The van der Waals surface area contributed by atoms with E-state index in [9.17, 15) is 9.59 Å². The Balaban J connectivity index is 1.82. The van der Waals surface area contributed by atoms with E-state index in [4.69, 9.17) is 0 Å². The summed E-state index contributed by atoms with van der Waals surface area (Å²) in [6.07, 6.45) is 0.604. The van der Waals surface area contributed by atoms with Gasteiger partial charge in [0, 0.05) is 19.3 Å². The van der Waals surface area contributed by atoms with Crippen LogP contribution in [0.1, 0.15) is 34.0 Å². The fourth-order valence-electron chi connectivity index (χ4n) is 3.11. The Hall–Kier alpha value is -2.76. The molecular formula is C19H22N4O2. The van der Waals surface area contributed by atoms with Gasteiger partial charge >= 0.3 is 0 Å². The predicted molar refractivity (Wildman–Crippen MR) is 95.5 cm³/mol. The maximum atomic E-state index is 12.9. The summed E-state index contributed by atoms with van der Waals surface area (Å²) in [5, 5.41) is 0. The Labute approximate surface area is 147 Å². The standard InChI is InChI=1S/C19H22N4O2/c1-12-13(2)21-17(14(3)20-12)19(25)22(4)16-10-11-23(18(16)24)15-8-6-5-7-9-15/h5-9,16H,10-11H2,1-4H3. The number of likely N-dealkylation sites (N-methyl/N-ethyl adjacent to an activating group) is 1. The van der Waals surface area contributed by atoms with Crippen LogP contribution in [0.15, 0.2) is 30.3 Å². The van der Waals surface area contributed by atoms with Crippen LogP contribution >= 0.6 is 0 Å². The number of benzene rings is 1. The van der Waals surface area contributed by atoms with Crippen LogP contribution in [-0.4, -0.2) is 46.3 Å². The lowest BCUT2D eigenvalue weighted by atomic mass is 10.2. The van der Waals surface area contributed by atoms with Gasteiger partial charge in [-0.15, -0.1) is 0 Å². The number of aromatic nitrogens is 2. The molecule has 0 aliphatic carbocycles. The minimum absolute atomic E-state index is 0.0588. The van der Waals surface area contributed by atoms with Gasteiger partial charge in [-0.05, 0) is 39.3 Å². The van der Waals surface area contributed by atoms with Gasteiger partial charge in [-0.1, -0.05) is 18.2 Å². The zero-order valence-electron chi connectivity index (χ0n) is 15.0. The third-order valence-corrected chi connectivity index (χ3v) is 4.72. The highest BCUT2D eigenvalue weighted by Gasteiger charge is 2.38. The lowest BCUT2D eigenvalue weighted by Crippen LogP contribution is -2.43. The number of amides is 2. The molecule has 0 saturated carbocycles. The first-order chi connectivity index (χ1) is 11.9. The van der Waals surface area contributed by atoms with E-state index in [1.807, 2.05) is 44.2 Å². The van der Waals surface area contributed by atoms with Crippen molar-refractivity contribution in [3.8, 4) is 0 Å². The third-order valence-electron chi connectivity index (χ3n) is 4.72. The quantitative estimate of drug-likeness (QED) is 0.861. The maximum absolute atomic E-state index is 12.9. The van der Waals surface area contributed by atoms with Gasteiger partial charge in [0.05, 0.1) is 17.1 Å². The van der Waals surface area contributed by atoms with Crippen LogP contribution in [0, 0.1) is 20.8 Å². The highest BCUT2D eigenvalue weighted by Crippen LogP contribution is 2.24. The molecule has 25 heavy (non-hydrogen) atoms. The Morgan fingerprint density at radius 2 is 1.72 bits per heavy atom. The number of carbonyl (C=O) groups excluding carboxylic acids is 2. The van der Waals surface area contributed by atoms with Crippen LogP contribution in [-0.2, 0) is 4.79 Å². The Morgan fingerprint density at radius 1 is 1.08 bits per heavy atom. The lowest BCUT2D eigenvalue weighted by molar-refractivity contribution is -0.120. The molecule has 0 N–H and O–H groups in total. The summed E-state index contributed by atoms with van der Waals surface area (Å²) in [4.78, 5) is 37.6. The number of hydrogen-bond donors (Lipinski definition) is 0. The molecule has 1 aromatic heterocycles. The number of hydrogen-bond acceptors (Lipinski definition) is 4. The van der Waals surface area contributed by atoms with Gasteiger partial charge in [0.15, 0.2) is 0 Å². The van der Waals surface area contributed by atoms with Gasteiger partial charge in [0.2, 0.25) is 5.91 Å². The second-order valence-electron chi connectivity index (χ2n) is 6.37. The topological polar surface area (TPSA) is 66.4 Å². The molecule has 1 fully saturated rings. The average Bonchev–Trinajstić information content (AvgIpc) is 2.99. The summed E-state index contributed by atoms with van der Waals surface area (Å²) in [6.45, 7) is 6.07. The summed E-state index contributed by atoms with van der Waals surface area (Å²) < 4.78 is 0. The first-order valence-electron chi connectivity index (χ1n) is 8.35. The molecule has 2 amide bonds. The van der Waals surface area contributed by atoms with Crippen LogP contribution in [0.25, 0.3) is 0 Å². The number of rotatable bonds is 3. The molecule has 1 aromatic carbocycles. The van der Waals surface area contributed by atoms with Crippen molar-refractivity contribution in [2.45, 2.75) is 33.2 Å². The van der Waals surface area contributed by atoms with E-state index in [0.717, 1.165) is 17.1 Å². The summed E-state index contributed by atoms with van der Waals surface area (Å²) >= 11 is 0. The number of para-hydroxylation sites is 1. The van der Waals surface area contributed by atoms with E-state index >= 15 is 0 Å². The van der Waals surface area contributed by atoms with E-state index < -0.39 is 6.04 Å². The van der Waals surface area contributed by atoms with Crippen LogP contribution in [0.3, 0.4) is 0 Å². The van der Waals surface area contributed by atoms with Crippen molar-refractivity contribution < 1.29 is 9.59 Å². The largest absolute Gasteiger partial charge is 0.328 e. The highest BCUT2D eigenvalue weighted by atomic mass is 16.2. The van der Waals surface area contributed by atoms with Crippen molar-refractivity contribution in [3.05, 3.63) is 53.1 Å². The van der Waals surface area contributed by atoms with E-state index in [1.54, 1.807) is 18.9 Å². The highest BCUT2D eigenvalue weighted by molar-refractivity contribution is 6.03. The lowest BCUT2D eigenvalue weighted by Gasteiger charge is -2.24. The van der Waals surface area contributed by atoms with E-state index in [-0.39, 0.29) is 11.8 Å². The number of nitrogens with zero attached hydrogens (tertiary/aromatic N) is 4. The predicted octanol–water partition coefficient (Wildman–Crippen LogP) is 2.28. The van der Waals surface area contributed by atoms with Crippen molar-refractivity contribution in [2.75, 3.05) is 18.5 Å². The molecule has 1 aliphatic heterocycles.